The number of aliphatic hydroxyl groups excluding tert-OH is 1. The fraction of sp³-hybridized carbons (Fsp3) is 0.429. The molecular formula is C21H24F2N6O2. The summed E-state index contributed by atoms with van der Waals surface area (Å²) in [7, 11) is 0. The lowest BCUT2D eigenvalue weighted by Crippen LogP contribution is -2.49. The number of rotatable bonds is 5. The van der Waals surface area contributed by atoms with Crippen LogP contribution in [0.5, 0.6) is 0 Å². The van der Waals surface area contributed by atoms with Gasteiger partial charge in [-0.15, -0.1) is 5.10 Å². The molecule has 8 nitrogen and oxygen atoms in total. The molecule has 31 heavy (non-hydrogen) atoms. The number of nitrogens with zero attached hydrogens (tertiary/aromatic N) is 5. The zero-order valence-corrected chi connectivity index (χ0v) is 17.2. The second-order valence-corrected chi connectivity index (χ2v) is 8.09. The van der Waals surface area contributed by atoms with Crippen LogP contribution in [0.15, 0.2) is 36.7 Å². The van der Waals surface area contributed by atoms with Crippen LogP contribution < -0.4 is 5.32 Å². The van der Waals surface area contributed by atoms with Gasteiger partial charge < -0.3 is 15.5 Å². The molecule has 0 bridgehead atoms. The van der Waals surface area contributed by atoms with Crippen molar-refractivity contribution < 1.29 is 19.0 Å². The average Bonchev–Trinajstić information content (AvgIpc) is 3.19. The number of alkyl halides is 2. The molecule has 0 radical (unpaired) electrons. The van der Waals surface area contributed by atoms with Gasteiger partial charge in [-0.1, -0.05) is 5.21 Å². The molecule has 1 fully saturated rings. The van der Waals surface area contributed by atoms with Crippen LogP contribution in [0.3, 0.4) is 0 Å². The largest absolute Gasteiger partial charge is 0.390 e. The number of aromatic nitrogens is 5. The Bertz CT molecular complexity index is 1070. The van der Waals surface area contributed by atoms with Gasteiger partial charge in [0.1, 0.15) is 17.0 Å². The third-order valence-corrected chi connectivity index (χ3v) is 5.66. The minimum atomic E-state index is -2.68. The first-order valence-corrected chi connectivity index (χ1v) is 10.1. The molecule has 1 aromatic carbocycles. The van der Waals surface area contributed by atoms with Crippen molar-refractivity contribution in [2.45, 2.75) is 57.3 Å². The summed E-state index contributed by atoms with van der Waals surface area (Å²) in [5.74, 6) is 0.0743. The molecule has 4 rings (SSSR count). The van der Waals surface area contributed by atoms with E-state index in [1.807, 2.05) is 19.1 Å². The van der Waals surface area contributed by atoms with Crippen molar-refractivity contribution in [2.75, 3.05) is 5.32 Å². The van der Waals surface area contributed by atoms with Crippen molar-refractivity contribution in [1.29, 1.82) is 0 Å². The monoisotopic (exact) mass is 430 g/mol. The SMILES string of the molecule is Cc1cc(Nc2nccc(C(F)F)n2)cc(-c2cn(C3CCCC(O)C3(C)O)nn2)c1. The Morgan fingerprint density at radius 1 is 1.26 bits per heavy atom. The average molecular weight is 430 g/mol. The fourth-order valence-electron chi connectivity index (χ4n) is 3.96. The molecule has 0 spiro atoms. The standard InChI is InChI=1S/C21H24F2N6O2/c1-12-8-13(10-14(9-12)25-20-24-7-6-15(26-20)19(22)23)16-11-29(28-27-16)17-4-3-5-18(30)21(17,2)31/h6-11,17-19,30-31H,3-5H2,1-2H3,(H,24,25,26). The summed E-state index contributed by atoms with van der Waals surface area (Å²) in [5.41, 5.74) is 1.24. The highest BCUT2D eigenvalue weighted by atomic mass is 19.3. The van der Waals surface area contributed by atoms with Gasteiger partial charge in [-0.2, -0.15) is 0 Å². The highest BCUT2D eigenvalue weighted by Crippen LogP contribution is 2.37. The number of aryl methyl sites for hydroxylation is 1. The van der Waals surface area contributed by atoms with Crippen LogP contribution in [-0.2, 0) is 0 Å². The second kappa shape index (κ2) is 8.27. The van der Waals surface area contributed by atoms with Crippen molar-refractivity contribution in [3.8, 4) is 11.3 Å². The minimum absolute atomic E-state index is 0.0743. The van der Waals surface area contributed by atoms with Gasteiger partial charge in [0, 0.05) is 17.4 Å². The lowest BCUT2D eigenvalue weighted by atomic mass is 9.79. The number of hydrogen-bond acceptors (Lipinski definition) is 7. The van der Waals surface area contributed by atoms with E-state index in [4.69, 9.17) is 0 Å². The van der Waals surface area contributed by atoms with Crippen LogP contribution in [0.2, 0.25) is 0 Å². The fourth-order valence-corrected chi connectivity index (χ4v) is 3.96. The summed E-state index contributed by atoms with van der Waals surface area (Å²) in [6.45, 7) is 3.52. The lowest BCUT2D eigenvalue weighted by Gasteiger charge is -2.40. The Morgan fingerprint density at radius 3 is 2.84 bits per heavy atom. The molecular weight excluding hydrogens is 406 g/mol. The van der Waals surface area contributed by atoms with E-state index >= 15 is 0 Å². The smallest absolute Gasteiger partial charge is 0.280 e. The molecule has 10 heteroatoms. The Hall–Kier alpha value is -2.98. The molecule has 0 saturated heterocycles. The van der Waals surface area contributed by atoms with Crippen molar-refractivity contribution in [3.05, 3.63) is 47.9 Å². The molecule has 2 heterocycles. The van der Waals surface area contributed by atoms with E-state index in [9.17, 15) is 19.0 Å². The Kier molecular flexibility index (Phi) is 5.67. The highest BCUT2D eigenvalue weighted by molar-refractivity contribution is 5.68. The van der Waals surface area contributed by atoms with Crippen molar-refractivity contribution in [2.24, 2.45) is 0 Å². The molecule has 0 amide bonds. The zero-order chi connectivity index (χ0) is 22.2. The van der Waals surface area contributed by atoms with E-state index in [0.717, 1.165) is 17.5 Å². The van der Waals surface area contributed by atoms with Crippen molar-refractivity contribution >= 4 is 11.6 Å². The van der Waals surface area contributed by atoms with E-state index in [-0.39, 0.29) is 17.7 Å². The summed E-state index contributed by atoms with van der Waals surface area (Å²) < 4.78 is 27.4. The molecule has 0 aliphatic heterocycles. The summed E-state index contributed by atoms with van der Waals surface area (Å²) in [5, 5.41) is 32.3. The first-order valence-electron chi connectivity index (χ1n) is 10.1. The number of halogens is 2. The molecule has 1 saturated carbocycles. The molecule has 3 unspecified atom stereocenters. The van der Waals surface area contributed by atoms with Crippen LogP contribution in [0, 0.1) is 6.92 Å². The first kappa shape index (κ1) is 21.3. The third kappa shape index (κ3) is 4.40. The molecule has 2 aromatic heterocycles. The molecule has 3 aromatic rings. The number of nitrogens with one attached hydrogen (secondary N) is 1. The maximum atomic E-state index is 12.9. The molecule has 1 aliphatic carbocycles. The van der Waals surface area contributed by atoms with Crippen LogP contribution in [0.4, 0.5) is 20.4 Å². The first-order chi connectivity index (χ1) is 14.7. The number of benzene rings is 1. The lowest BCUT2D eigenvalue weighted by molar-refractivity contribution is -0.120. The quantitative estimate of drug-likeness (QED) is 0.568. The maximum Gasteiger partial charge on any atom is 0.280 e. The number of aliphatic hydroxyl groups is 2. The zero-order valence-electron chi connectivity index (χ0n) is 17.2. The molecule has 3 N–H and O–H groups in total. The van der Waals surface area contributed by atoms with Gasteiger partial charge >= 0.3 is 0 Å². The van der Waals surface area contributed by atoms with Crippen LogP contribution in [-0.4, -0.2) is 46.9 Å². The van der Waals surface area contributed by atoms with Crippen LogP contribution in [0.25, 0.3) is 11.3 Å². The maximum absolute atomic E-state index is 12.9. The Morgan fingerprint density at radius 2 is 2.06 bits per heavy atom. The van der Waals surface area contributed by atoms with Gasteiger partial charge in [0.2, 0.25) is 5.95 Å². The van der Waals surface area contributed by atoms with Gasteiger partial charge in [0.25, 0.3) is 6.43 Å². The summed E-state index contributed by atoms with van der Waals surface area (Å²) in [6.07, 6.45) is 1.54. The number of hydrogen-bond donors (Lipinski definition) is 3. The third-order valence-electron chi connectivity index (χ3n) is 5.66. The van der Waals surface area contributed by atoms with Gasteiger partial charge in [-0.05, 0) is 62.9 Å². The summed E-state index contributed by atoms with van der Waals surface area (Å²) in [6, 6.07) is 6.35. The molecule has 3 atom stereocenters. The second-order valence-electron chi connectivity index (χ2n) is 8.09. The van der Waals surface area contributed by atoms with Gasteiger partial charge in [0.15, 0.2) is 0 Å². The van der Waals surface area contributed by atoms with E-state index in [1.165, 1.54) is 12.3 Å². The molecule has 1 aliphatic rings. The van der Waals surface area contributed by atoms with Gasteiger partial charge in [-0.3, -0.25) is 0 Å². The Labute approximate surface area is 178 Å². The number of anilines is 2. The predicted octanol–water partition coefficient (Wildman–Crippen LogP) is 3.56. The highest BCUT2D eigenvalue weighted by Gasteiger charge is 2.43. The van der Waals surface area contributed by atoms with Crippen LogP contribution in [0.1, 0.15) is 49.9 Å². The summed E-state index contributed by atoms with van der Waals surface area (Å²) >= 11 is 0. The minimum Gasteiger partial charge on any atom is -0.390 e. The van der Waals surface area contributed by atoms with E-state index < -0.39 is 18.1 Å². The van der Waals surface area contributed by atoms with Crippen molar-refractivity contribution in [3.63, 3.8) is 0 Å². The molecule has 164 valence electrons. The summed E-state index contributed by atoms with van der Waals surface area (Å²) in [4.78, 5) is 7.83. The predicted molar refractivity (Wildman–Crippen MR) is 110 cm³/mol. The van der Waals surface area contributed by atoms with Gasteiger partial charge in [0.05, 0.1) is 18.3 Å². The Balaban J connectivity index is 1.60. The van der Waals surface area contributed by atoms with E-state index in [2.05, 4.69) is 25.6 Å². The normalized spacial score (nSPS) is 23.8. The van der Waals surface area contributed by atoms with E-state index in [0.29, 0.717) is 24.2 Å². The van der Waals surface area contributed by atoms with Gasteiger partial charge in [-0.25, -0.2) is 23.4 Å². The van der Waals surface area contributed by atoms with Crippen molar-refractivity contribution in [1.82, 2.24) is 25.0 Å². The van der Waals surface area contributed by atoms with E-state index in [1.54, 1.807) is 23.9 Å². The topological polar surface area (TPSA) is 109 Å². The van der Waals surface area contributed by atoms with Crippen LogP contribution >= 0.6 is 0 Å².